The molecule has 0 amide bonds. The number of aromatic nitrogens is 2. The van der Waals surface area contributed by atoms with Crippen LogP contribution in [0.4, 0.5) is 0 Å². The Morgan fingerprint density at radius 3 is 2.83 bits per heavy atom. The number of rotatable bonds is 4. The molecule has 0 aliphatic carbocycles. The summed E-state index contributed by atoms with van der Waals surface area (Å²) in [6, 6.07) is 7.63. The lowest BCUT2D eigenvalue weighted by molar-refractivity contribution is -0.137. The first-order chi connectivity index (χ1) is 8.56. The molecule has 4 nitrogen and oxygen atoms in total. The molecule has 0 aliphatic heterocycles. The van der Waals surface area contributed by atoms with Crippen molar-refractivity contribution >= 4 is 33.2 Å². The van der Waals surface area contributed by atoms with Gasteiger partial charge in [-0.1, -0.05) is 28.1 Å². The minimum Gasteiger partial charge on any atom is -0.481 e. The van der Waals surface area contributed by atoms with Gasteiger partial charge in [0.25, 0.3) is 0 Å². The number of benzene rings is 1. The van der Waals surface area contributed by atoms with Crippen molar-refractivity contribution in [2.75, 3.05) is 0 Å². The fourth-order valence-corrected chi connectivity index (χ4v) is 2.94. The molecule has 0 saturated carbocycles. The first kappa shape index (κ1) is 13.2. The minimum absolute atomic E-state index is 0.0189. The summed E-state index contributed by atoms with van der Waals surface area (Å²) in [5, 5.41) is 18.6. The number of carboxylic acid groups (broad SMARTS) is 1. The van der Waals surface area contributed by atoms with E-state index in [1.54, 1.807) is 0 Å². The molecule has 1 aromatic carbocycles. The van der Waals surface area contributed by atoms with Gasteiger partial charge in [0.1, 0.15) is 10.0 Å². The van der Waals surface area contributed by atoms with E-state index in [1.807, 2.05) is 31.2 Å². The van der Waals surface area contributed by atoms with E-state index in [1.165, 1.54) is 11.3 Å². The predicted octanol–water partition coefficient (Wildman–Crippen LogP) is 3.22. The van der Waals surface area contributed by atoms with E-state index in [9.17, 15) is 4.79 Å². The third-order valence-corrected chi connectivity index (χ3v) is 3.92. The number of hydrogen-bond donors (Lipinski definition) is 1. The molecule has 1 N–H and O–H groups in total. The number of aryl methyl sites for hydroxylation is 1. The van der Waals surface area contributed by atoms with Crippen LogP contribution < -0.4 is 0 Å². The average molecular weight is 327 g/mol. The zero-order valence-corrected chi connectivity index (χ0v) is 12.0. The maximum Gasteiger partial charge on any atom is 0.304 e. The van der Waals surface area contributed by atoms with Crippen LogP contribution in [0.1, 0.15) is 27.9 Å². The SMILES string of the molecule is Cc1nnc(C(CC(=O)O)c2cccc(Br)c2)s1. The molecule has 1 atom stereocenters. The molecule has 94 valence electrons. The van der Waals surface area contributed by atoms with Gasteiger partial charge in [0.05, 0.1) is 6.42 Å². The number of carbonyl (C=O) groups is 1. The molecule has 2 rings (SSSR count). The highest BCUT2D eigenvalue weighted by Gasteiger charge is 2.21. The maximum atomic E-state index is 11.0. The first-order valence-corrected chi connectivity index (χ1v) is 6.94. The van der Waals surface area contributed by atoms with Gasteiger partial charge in [-0.3, -0.25) is 4.79 Å². The second kappa shape index (κ2) is 5.58. The highest BCUT2D eigenvalue weighted by molar-refractivity contribution is 9.10. The Hall–Kier alpha value is -1.27. The molecule has 0 spiro atoms. The van der Waals surface area contributed by atoms with Crippen molar-refractivity contribution in [3.8, 4) is 0 Å². The highest BCUT2D eigenvalue weighted by Crippen LogP contribution is 2.31. The van der Waals surface area contributed by atoms with Gasteiger partial charge in [0.15, 0.2) is 0 Å². The van der Waals surface area contributed by atoms with Crippen molar-refractivity contribution in [3.63, 3.8) is 0 Å². The lowest BCUT2D eigenvalue weighted by Crippen LogP contribution is -2.07. The Bertz CT molecular complexity index is 571. The molecular formula is C12H11BrN2O2S. The average Bonchev–Trinajstić information content (AvgIpc) is 2.72. The molecule has 1 aromatic heterocycles. The topological polar surface area (TPSA) is 63.1 Å². The van der Waals surface area contributed by atoms with Gasteiger partial charge in [0.2, 0.25) is 0 Å². The highest BCUT2D eigenvalue weighted by atomic mass is 79.9. The van der Waals surface area contributed by atoms with Gasteiger partial charge in [-0.05, 0) is 24.6 Å². The minimum atomic E-state index is -0.840. The van der Waals surface area contributed by atoms with E-state index in [-0.39, 0.29) is 12.3 Å². The number of hydrogen-bond acceptors (Lipinski definition) is 4. The Labute approximate surface area is 117 Å². The van der Waals surface area contributed by atoms with Crippen LogP contribution in [0.25, 0.3) is 0 Å². The smallest absolute Gasteiger partial charge is 0.304 e. The molecular weight excluding hydrogens is 316 g/mol. The Kier molecular flexibility index (Phi) is 4.08. The molecule has 2 aromatic rings. The van der Waals surface area contributed by atoms with Crippen LogP contribution in [0.5, 0.6) is 0 Å². The number of carboxylic acids is 1. The molecule has 0 aliphatic rings. The van der Waals surface area contributed by atoms with Gasteiger partial charge in [-0.25, -0.2) is 0 Å². The Balaban J connectivity index is 2.39. The molecule has 1 unspecified atom stereocenters. The van der Waals surface area contributed by atoms with Crippen LogP contribution in [0, 0.1) is 6.92 Å². The largest absolute Gasteiger partial charge is 0.481 e. The van der Waals surface area contributed by atoms with Crippen LogP contribution in [0.3, 0.4) is 0 Å². The molecule has 6 heteroatoms. The molecule has 0 fully saturated rings. The van der Waals surface area contributed by atoms with Crippen LogP contribution in [0.2, 0.25) is 0 Å². The lowest BCUT2D eigenvalue weighted by Gasteiger charge is -2.12. The van der Waals surface area contributed by atoms with Crippen molar-refractivity contribution in [3.05, 3.63) is 44.3 Å². The van der Waals surface area contributed by atoms with Gasteiger partial charge in [0, 0.05) is 10.4 Å². The van der Waals surface area contributed by atoms with Crippen LogP contribution in [-0.2, 0) is 4.79 Å². The summed E-state index contributed by atoms with van der Waals surface area (Å²) in [5.41, 5.74) is 0.933. The molecule has 0 bridgehead atoms. The normalized spacial score (nSPS) is 12.3. The summed E-state index contributed by atoms with van der Waals surface area (Å²) < 4.78 is 0.927. The van der Waals surface area contributed by atoms with E-state index in [2.05, 4.69) is 26.1 Å². The van der Waals surface area contributed by atoms with Crippen molar-refractivity contribution < 1.29 is 9.90 Å². The van der Waals surface area contributed by atoms with E-state index in [0.717, 1.165) is 20.1 Å². The van der Waals surface area contributed by atoms with Crippen molar-refractivity contribution in [1.29, 1.82) is 0 Å². The van der Waals surface area contributed by atoms with Crippen LogP contribution >= 0.6 is 27.3 Å². The molecule has 18 heavy (non-hydrogen) atoms. The Morgan fingerprint density at radius 2 is 2.28 bits per heavy atom. The van der Waals surface area contributed by atoms with Gasteiger partial charge < -0.3 is 5.11 Å². The van der Waals surface area contributed by atoms with Gasteiger partial charge >= 0.3 is 5.97 Å². The van der Waals surface area contributed by atoms with E-state index in [0.29, 0.717) is 0 Å². The monoisotopic (exact) mass is 326 g/mol. The Morgan fingerprint density at radius 1 is 1.50 bits per heavy atom. The zero-order valence-electron chi connectivity index (χ0n) is 9.63. The quantitative estimate of drug-likeness (QED) is 0.936. The van der Waals surface area contributed by atoms with Crippen LogP contribution in [-0.4, -0.2) is 21.3 Å². The van der Waals surface area contributed by atoms with Crippen LogP contribution in [0.15, 0.2) is 28.7 Å². The van der Waals surface area contributed by atoms with Gasteiger partial charge in [-0.15, -0.1) is 21.5 Å². The van der Waals surface area contributed by atoms with E-state index in [4.69, 9.17) is 5.11 Å². The third kappa shape index (κ3) is 3.14. The second-order valence-electron chi connectivity index (χ2n) is 3.86. The number of nitrogens with zero attached hydrogens (tertiary/aromatic N) is 2. The fraction of sp³-hybridized carbons (Fsp3) is 0.250. The summed E-state index contributed by atoms with van der Waals surface area (Å²) >= 11 is 4.83. The van der Waals surface area contributed by atoms with Crippen molar-refractivity contribution in [2.45, 2.75) is 19.3 Å². The van der Waals surface area contributed by atoms with E-state index < -0.39 is 5.97 Å². The van der Waals surface area contributed by atoms with Crippen molar-refractivity contribution in [1.82, 2.24) is 10.2 Å². The second-order valence-corrected chi connectivity index (χ2v) is 5.99. The molecule has 0 saturated heterocycles. The maximum absolute atomic E-state index is 11.0. The third-order valence-electron chi connectivity index (χ3n) is 2.47. The number of halogens is 1. The molecule has 0 radical (unpaired) electrons. The van der Waals surface area contributed by atoms with Gasteiger partial charge in [-0.2, -0.15) is 0 Å². The fourth-order valence-electron chi connectivity index (χ4n) is 1.70. The first-order valence-electron chi connectivity index (χ1n) is 5.33. The summed E-state index contributed by atoms with van der Waals surface area (Å²) in [5.74, 6) is -1.08. The standard InChI is InChI=1S/C12H11BrN2O2S/c1-7-14-15-12(18-7)10(6-11(16)17)8-3-2-4-9(13)5-8/h2-5,10H,6H2,1H3,(H,16,17). The molecule has 1 heterocycles. The lowest BCUT2D eigenvalue weighted by atomic mass is 9.96. The zero-order chi connectivity index (χ0) is 13.1. The summed E-state index contributed by atoms with van der Waals surface area (Å²) in [4.78, 5) is 11.0. The summed E-state index contributed by atoms with van der Waals surface area (Å²) in [6.45, 7) is 1.86. The van der Waals surface area contributed by atoms with E-state index >= 15 is 0 Å². The predicted molar refractivity (Wildman–Crippen MR) is 72.9 cm³/mol. The van der Waals surface area contributed by atoms with Crippen molar-refractivity contribution in [2.24, 2.45) is 0 Å². The summed E-state index contributed by atoms with van der Waals surface area (Å²) in [6.07, 6.45) is 0.0189. The number of aliphatic carboxylic acids is 1. The summed E-state index contributed by atoms with van der Waals surface area (Å²) in [7, 11) is 0.